The molecule has 0 saturated heterocycles. The largest absolute Gasteiger partial charge is 0.508 e. The van der Waals surface area contributed by atoms with Gasteiger partial charge in [0.2, 0.25) is 0 Å². The van der Waals surface area contributed by atoms with E-state index in [0.717, 1.165) is 28.9 Å². The molecular weight excluding hydrogens is 302 g/mol. The van der Waals surface area contributed by atoms with Crippen molar-refractivity contribution in [3.05, 3.63) is 35.0 Å². The molecule has 130 valence electrons. The highest BCUT2D eigenvalue weighted by Gasteiger charge is 2.48. The average Bonchev–Trinajstić information content (AvgIpc) is 2.47. The first-order valence-corrected chi connectivity index (χ1v) is 8.68. The molecule has 1 saturated carbocycles. The van der Waals surface area contributed by atoms with Crippen LogP contribution >= 0.6 is 0 Å². The molecule has 1 aromatic rings. The molecule has 1 fully saturated rings. The number of phenols is 1. The van der Waals surface area contributed by atoms with Gasteiger partial charge in [0.25, 0.3) is 0 Å². The number of phenolic OH excluding ortho intramolecular Hbond substituents is 1. The lowest BCUT2D eigenvalue weighted by molar-refractivity contribution is -0.119. The Morgan fingerprint density at radius 1 is 1.33 bits per heavy atom. The molecular formula is C20H27NO3. The van der Waals surface area contributed by atoms with Crippen molar-refractivity contribution in [1.29, 1.82) is 0 Å². The fourth-order valence-electron chi connectivity index (χ4n) is 4.12. The number of nitrogens with zero attached hydrogens (tertiary/aromatic N) is 1. The third kappa shape index (κ3) is 2.79. The van der Waals surface area contributed by atoms with Crippen LogP contribution in [0.25, 0.3) is 0 Å². The predicted octanol–water partition coefficient (Wildman–Crippen LogP) is 3.63. The number of rotatable bonds is 2. The van der Waals surface area contributed by atoms with Gasteiger partial charge in [-0.2, -0.15) is 0 Å². The zero-order valence-electron chi connectivity index (χ0n) is 15.2. The minimum Gasteiger partial charge on any atom is -0.508 e. The van der Waals surface area contributed by atoms with Gasteiger partial charge in [0.15, 0.2) is 5.78 Å². The van der Waals surface area contributed by atoms with Crippen molar-refractivity contribution in [3.8, 4) is 11.5 Å². The van der Waals surface area contributed by atoms with Crippen molar-refractivity contribution in [2.75, 3.05) is 14.1 Å². The van der Waals surface area contributed by atoms with E-state index in [-0.39, 0.29) is 29.0 Å². The van der Waals surface area contributed by atoms with Gasteiger partial charge in [-0.25, -0.2) is 0 Å². The maximum atomic E-state index is 12.6. The zero-order valence-corrected chi connectivity index (χ0v) is 15.2. The molecule has 0 spiro atoms. The van der Waals surface area contributed by atoms with Gasteiger partial charge in [-0.1, -0.05) is 6.92 Å². The molecule has 2 atom stereocenters. The Hall–Kier alpha value is -1.97. The van der Waals surface area contributed by atoms with Crippen LogP contribution in [0, 0.1) is 5.92 Å². The van der Waals surface area contributed by atoms with E-state index >= 15 is 0 Å². The molecule has 1 aliphatic heterocycles. The number of aromatic hydroxyl groups is 1. The van der Waals surface area contributed by atoms with Gasteiger partial charge in [-0.3, -0.25) is 4.79 Å². The summed E-state index contributed by atoms with van der Waals surface area (Å²) in [4.78, 5) is 14.5. The van der Waals surface area contributed by atoms with Gasteiger partial charge >= 0.3 is 0 Å². The van der Waals surface area contributed by atoms with Crippen LogP contribution in [-0.2, 0) is 11.2 Å². The van der Waals surface area contributed by atoms with E-state index in [1.807, 2.05) is 37.3 Å². The van der Waals surface area contributed by atoms with Gasteiger partial charge in [0.05, 0.1) is 0 Å². The molecule has 0 aromatic heterocycles. The number of fused-ring (bicyclic) bond motifs is 3. The molecule has 2 aliphatic rings. The van der Waals surface area contributed by atoms with E-state index in [1.165, 1.54) is 0 Å². The minimum absolute atomic E-state index is 0.0152. The lowest BCUT2D eigenvalue weighted by Gasteiger charge is -2.47. The van der Waals surface area contributed by atoms with Gasteiger partial charge in [0, 0.05) is 49.7 Å². The normalized spacial score (nSPS) is 26.5. The fourth-order valence-corrected chi connectivity index (χ4v) is 4.12. The Morgan fingerprint density at radius 3 is 2.67 bits per heavy atom. The van der Waals surface area contributed by atoms with Crippen molar-refractivity contribution < 1.29 is 14.6 Å². The van der Waals surface area contributed by atoms with E-state index in [4.69, 9.17) is 4.74 Å². The third-order valence-corrected chi connectivity index (χ3v) is 5.33. The summed E-state index contributed by atoms with van der Waals surface area (Å²) >= 11 is 0. The molecule has 4 nitrogen and oxygen atoms in total. The molecule has 24 heavy (non-hydrogen) atoms. The van der Waals surface area contributed by atoms with Crippen molar-refractivity contribution in [2.24, 2.45) is 5.92 Å². The van der Waals surface area contributed by atoms with Crippen LogP contribution in [0.2, 0.25) is 0 Å². The first-order chi connectivity index (χ1) is 11.2. The SMILES string of the molecule is CCc1cc(O)c2c(c1)OC(C)(C)C1C/C(=C/N(C)C)C(=O)C[C@@H]21. The predicted molar refractivity (Wildman–Crippen MR) is 94.4 cm³/mol. The van der Waals surface area contributed by atoms with Gasteiger partial charge in [-0.05, 0) is 44.4 Å². The molecule has 0 bridgehead atoms. The first-order valence-electron chi connectivity index (χ1n) is 8.68. The monoisotopic (exact) mass is 329 g/mol. The highest BCUT2D eigenvalue weighted by atomic mass is 16.5. The van der Waals surface area contributed by atoms with Crippen molar-refractivity contribution in [1.82, 2.24) is 4.90 Å². The van der Waals surface area contributed by atoms with Crippen molar-refractivity contribution >= 4 is 5.78 Å². The fraction of sp³-hybridized carbons (Fsp3) is 0.550. The number of benzene rings is 1. The number of carbonyl (C=O) groups excluding carboxylic acids is 1. The van der Waals surface area contributed by atoms with Crippen LogP contribution in [-0.4, -0.2) is 35.5 Å². The van der Waals surface area contributed by atoms with Crippen LogP contribution in [0.1, 0.15) is 50.7 Å². The number of ether oxygens (including phenoxy) is 1. The Bertz CT molecular complexity index is 703. The number of aryl methyl sites for hydroxylation is 1. The van der Waals surface area contributed by atoms with Crippen LogP contribution in [0.5, 0.6) is 11.5 Å². The maximum Gasteiger partial charge on any atom is 0.160 e. The molecule has 0 radical (unpaired) electrons. The highest BCUT2D eigenvalue weighted by Crippen LogP contribution is 2.54. The quantitative estimate of drug-likeness (QED) is 0.842. The second-order valence-electron chi connectivity index (χ2n) is 7.75. The van der Waals surface area contributed by atoms with E-state index in [1.54, 1.807) is 0 Å². The Kier molecular flexibility index (Phi) is 4.10. The zero-order chi connectivity index (χ0) is 17.6. The van der Waals surface area contributed by atoms with E-state index in [2.05, 4.69) is 20.8 Å². The van der Waals surface area contributed by atoms with Crippen LogP contribution < -0.4 is 4.74 Å². The van der Waals surface area contributed by atoms with Crippen molar-refractivity contribution in [3.63, 3.8) is 0 Å². The summed E-state index contributed by atoms with van der Waals surface area (Å²) in [6, 6.07) is 3.83. The smallest absolute Gasteiger partial charge is 0.160 e. The summed E-state index contributed by atoms with van der Waals surface area (Å²) < 4.78 is 6.29. The van der Waals surface area contributed by atoms with Crippen molar-refractivity contribution in [2.45, 2.75) is 51.6 Å². The molecule has 1 N–H and O–H groups in total. The molecule has 0 amide bonds. The second-order valence-corrected chi connectivity index (χ2v) is 7.75. The summed E-state index contributed by atoms with van der Waals surface area (Å²) in [5.74, 6) is 1.37. The molecule has 1 aliphatic carbocycles. The van der Waals surface area contributed by atoms with Crippen LogP contribution in [0.4, 0.5) is 0 Å². The summed E-state index contributed by atoms with van der Waals surface area (Å²) in [5.41, 5.74) is 2.35. The lowest BCUT2D eigenvalue weighted by atomic mass is 9.65. The average molecular weight is 329 g/mol. The number of carbonyl (C=O) groups is 1. The lowest BCUT2D eigenvalue weighted by Crippen LogP contribution is -2.47. The summed E-state index contributed by atoms with van der Waals surface area (Å²) in [6.45, 7) is 6.24. The number of ketones is 1. The topological polar surface area (TPSA) is 49.8 Å². The molecule has 1 heterocycles. The number of Topliss-reactive ketones (excluding diaryl/α,β-unsaturated/α-hetero) is 1. The van der Waals surface area contributed by atoms with E-state index in [0.29, 0.717) is 12.8 Å². The summed E-state index contributed by atoms with van der Waals surface area (Å²) in [7, 11) is 3.87. The molecule has 4 heteroatoms. The standard InChI is InChI=1S/C20H27NO3/c1-6-12-7-17(23)19-14-10-16(22)13(11-21(4)5)9-15(14)20(2,3)24-18(19)8-12/h7-8,11,14-15,23H,6,9-10H2,1-5H3/b13-11-/t14-,15?/m1/s1. The van der Waals surface area contributed by atoms with Crippen LogP contribution in [0.3, 0.4) is 0 Å². The number of hydrogen-bond acceptors (Lipinski definition) is 4. The number of allylic oxidation sites excluding steroid dienone is 1. The Morgan fingerprint density at radius 2 is 2.04 bits per heavy atom. The Labute approximate surface area is 144 Å². The molecule has 1 aromatic carbocycles. The van der Waals surface area contributed by atoms with E-state index in [9.17, 15) is 9.90 Å². The third-order valence-electron chi connectivity index (χ3n) is 5.33. The molecule has 3 rings (SSSR count). The first kappa shape index (κ1) is 16.9. The molecule has 1 unspecified atom stereocenters. The second kappa shape index (κ2) is 5.83. The summed E-state index contributed by atoms with van der Waals surface area (Å²) in [5, 5.41) is 10.6. The highest BCUT2D eigenvalue weighted by molar-refractivity contribution is 5.97. The van der Waals surface area contributed by atoms with Crippen LogP contribution in [0.15, 0.2) is 23.9 Å². The number of hydrogen-bond donors (Lipinski definition) is 1. The maximum absolute atomic E-state index is 12.6. The Balaban J connectivity index is 2.07. The van der Waals surface area contributed by atoms with Gasteiger partial charge < -0.3 is 14.7 Å². The van der Waals surface area contributed by atoms with Gasteiger partial charge in [-0.15, -0.1) is 0 Å². The summed E-state index contributed by atoms with van der Waals surface area (Å²) in [6.07, 6.45) is 3.88. The minimum atomic E-state index is -0.372. The van der Waals surface area contributed by atoms with E-state index < -0.39 is 0 Å². The van der Waals surface area contributed by atoms with Gasteiger partial charge in [0.1, 0.15) is 17.1 Å².